The van der Waals surface area contributed by atoms with Crippen molar-refractivity contribution in [3.63, 3.8) is 0 Å². The molecule has 2 aliphatic rings. The fourth-order valence-electron chi connectivity index (χ4n) is 4.39. The molecule has 0 heterocycles. The van der Waals surface area contributed by atoms with Gasteiger partial charge in [-0.1, -0.05) is 0 Å². The van der Waals surface area contributed by atoms with Crippen LogP contribution in [0.15, 0.2) is 107 Å². The van der Waals surface area contributed by atoms with Crippen LogP contribution in [0.3, 0.4) is 0 Å². The minimum absolute atomic E-state index is 0. The Morgan fingerprint density at radius 3 is 2.29 bits per heavy atom. The Morgan fingerprint density at radius 1 is 0.839 bits per heavy atom. The van der Waals surface area contributed by atoms with Crippen LogP contribution < -0.4 is 24.8 Å². The van der Waals surface area contributed by atoms with E-state index in [1.165, 1.54) is 26.1 Å². The molecule has 31 heavy (non-hydrogen) atoms. The van der Waals surface area contributed by atoms with Gasteiger partial charge in [-0.2, -0.15) is 0 Å². The summed E-state index contributed by atoms with van der Waals surface area (Å²) in [5.74, 6) is 0. The molecule has 2 aliphatic carbocycles. The fraction of sp³-hybridized carbons (Fsp3) is 0.0741. The monoisotopic (exact) mass is 498 g/mol. The average Bonchev–Trinajstić information content (AvgIpc) is 3.44. The Bertz CT molecular complexity index is 1190. The number of hydrogen-bond donors (Lipinski definition) is 0. The molecule has 0 saturated carbocycles. The molecule has 0 amide bonds. The van der Waals surface area contributed by atoms with Crippen LogP contribution in [0.5, 0.6) is 0 Å². The first-order valence-corrected chi connectivity index (χ1v) is 12.8. The van der Waals surface area contributed by atoms with Crippen molar-refractivity contribution >= 4 is 21.5 Å². The Hall–Kier alpha value is -1.67. The van der Waals surface area contributed by atoms with E-state index in [1.807, 2.05) is 12.1 Å². The van der Waals surface area contributed by atoms with E-state index in [0.29, 0.717) is 4.22 Å². The van der Waals surface area contributed by atoms with Gasteiger partial charge in [-0.3, -0.25) is 0 Å². The number of rotatable bonds is 4. The molecule has 0 fully saturated rings. The molecule has 0 spiro atoms. The second-order valence-electron chi connectivity index (χ2n) is 7.42. The van der Waals surface area contributed by atoms with Gasteiger partial charge >= 0.3 is 184 Å². The molecular weight excluding hydrogens is 479 g/mol. The second kappa shape index (κ2) is 10.8. The summed E-state index contributed by atoms with van der Waals surface area (Å²) in [6.07, 6.45) is 12.7. The SMILES string of the molecule is Clc1ccccc1[C](c1ccccc1)=[Ti+2]([C]1=CC=CC1)[CH]1C=Cc2ccccc21.[Cl-].[Cl-]. The summed E-state index contributed by atoms with van der Waals surface area (Å²) in [7, 11) is 0. The summed E-state index contributed by atoms with van der Waals surface area (Å²) in [5, 5.41) is 0.846. The van der Waals surface area contributed by atoms with Gasteiger partial charge in [0.2, 0.25) is 0 Å². The van der Waals surface area contributed by atoms with Crippen molar-refractivity contribution in [3.05, 3.63) is 134 Å². The smallest absolute Gasteiger partial charge is 1.00 e. The van der Waals surface area contributed by atoms with Crippen molar-refractivity contribution in [2.24, 2.45) is 0 Å². The van der Waals surface area contributed by atoms with Crippen molar-refractivity contribution in [2.75, 3.05) is 0 Å². The first-order chi connectivity index (χ1) is 14.3. The number of hydrogen-bond acceptors (Lipinski definition) is 0. The molecule has 0 aliphatic heterocycles. The summed E-state index contributed by atoms with van der Waals surface area (Å²) in [4.78, 5) is 0. The van der Waals surface area contributed by atoms with Crippen molar-refractivity contribution in [3.8, 4) is 0 Å². The minimum Gasteiger partial charge on any atom is -1.00 e. The maximum Gasteiger partial charge on any atom is -1.00 e. The second-order valence-corrected chi connectivity index (χ2v) is 11.9. The molecule has 0 radical (unpaired) electrons. The zero-order valence-corrected chi connectivity index (χ0v) is 20.6. The molecule has 4 heteroatoms. The van der Waals surface area contributed by atoms with Gasteiger partial charge in [0.05, 0.1) is 0 Å². The Balaban J connectivity index is 0.00000136. The van der Waals surface area contributed by atoms with E-state index in [0.717, 1.165) is 11.4 Å². The van der Waals surface area contributed by atoms with Crippen LogP contribution in [0.25, 0.3) is 6.08 Å². The quantitative estimate of drug-likeness (QED) is 0.473. The van der Waals surface area contributed by atoms with Gasteiger partial charge in [0.25, 0.3) is 0 Å². The van der Waals surface area contributed by atoms with Gasteiger partial charge in [0.1, 0.15) is 0 Å². The van der Waals surface area contributed by atoms with Gasteiger partial charge in [-0.25, -0.2) is 0 Å². The zero-order valence-electron chi connectivity index (χ0n) is 16.8. The molecule has 3 aromatic rings. The predicted molar refractivity (Wildman–Crippen MR) is 121 cm³/mol. The summed E-state index contributed by atoms with van der Waals surface area (Å²) in [6, 6.07) is 28.1. The molecule has 0 aromatic heterocycles. The zero-order chi connectivity index (χ0) is 19.6. The first kappa shape index (κ1) is 24.0. The van der Waals surface area contributed by atoms with Gasteiger partial charge < -0.3 is 24.8 Å². The summed E-state index contributed by atoms with van der Waals surface area (Å²) >= 11 is 4.78. The molecule has 5 rings (SSSR count). The van der Waals surface area contributed by atoms with Gasteiger partial charge in [0.15, 0.2) is 0 Å². The molecule has 154 valence electrons. The Morgan fingerprint density at radius 2 is 1.55 bits per heavy atom. The van der Waals surface area contributed by atoms with Crippen molar-refractivity contribution in [2.45, 2.75) is 10.6 Å². The van der Waals surface area contributed by atoms with E-state index in [-0.39, 0.29) is 24.8 Å². The van der Waals surface area contributed by atoms with E-state index >= 15 is 0 Å². The van der Waals surface area contributed by atoms with Gasteiger partial charge in [-0.05, 0) is 0 Å². The summed E-state index contributed by atoms with van der Waals surface area (Å²) < 4.78 is 3.54. The summed E-state index contributed by atoms with van der Waals surface area (Å²) in [6.45, 7) is 0. The molecular formula is C27H21Cl3Ti. The maximum absolute atomic E-state index is 6.78. The number of benzene rings is 3. The van der Waals surface area contributed by atoms with Crippen LogP contribution in [0, 0.1) is 0 Å². The van der Waals surface area contributed by atoms with Crippen molar-refractivity contribution < 1.29 is 42.2 Å². The standard InChI is InChI=1S/C13H9Cl.C9H7.C5H5.2ClH.Ti/c14-13-9-5-4-8-12(13)10-11-6-2-1-3-7-11;1-2-5-9-7-3-6-8(9)4-1;1-2-4-5-3-1;;;/h1-9H;1-7H;1-3H,4H2;2*1H;/q;;;;;+2/p-2. The molecule has 0 nitrogen and oxygen atoms in total. The van der Waals surface area contributed by atoms with Crippen LogP contribution in [-0.4, -0.2) is 3.81 Å². The first-order valence-electron chi connectivity index (χ1n) is 10.0. The number of halogens is 3. The minimum atomic E-state index is -2.00. The van der Waals surface area contributed by atoms with Gasteiger partial charge in [0, 0.05) is 0 Å². The van der Waals surface area contributed by atoms with Crippen LogP contribution in [0.1, 0.15) is 32.9 Å². The third-order valence-corrected chi connectivity index (χ3v) is 11.2. The molecule has 1 atom stereocenters. The number of fused-ring (bicyclic) bond motifs is 1. The third kappa shape index (κ3) is 4.75. The van der Waals surface area contributed by atoms with E-state index in [2.05, 4.69) is 97.1 Å². The van der Waals surface area contributed by atoms with Crippen LogP contribution in [0.2, 0.25) is 5.02 Å². The normalized spacial score (nSPS) is 16.1. The van der Waals surface area contributed by atoms with Crippen molar-refractivity contribution in [1.82, 2.24) is 0 Å². The van der Waals surface area contributed by atoms with E-state index in [9.17, 15) is 0 Å². The maximum atomic E-state index is 6.78. The van der Waals surface area contributed by atoms with Crippen LogP contribution >= 0.6 is 11.6 Å². The fourth-order valence-corrected chi connectivity index (χ4v) is 10.2. The van der Waals surface area contributed by atoms with Crippen LogP contribution in [0.4, 0.5) is 0 Å². The predicted octanol–water partition coefficient (Wildman–Crippen LogP) is 1.15. The molecule has 0 saturated heterocycles. The summed E-state index contributed by atoms with van der Waals surface area (Å²) in [5.41, 5.74) is 5.33. The average molecular weight is 500 g/mol. The van der Waals surface area contributed by atoms with Gasteiger partial charge in [-0.15, -0.1) is 0 Å². The Labute approximate surface area is 207 Å². The molecule has 0 N–H and O–H groups in total. The van der Waals surface area contributed by atoms with E-state index in [1.54, 1.807) is 3.88 Å². The molecule has 3 aromatic carbocycles. The third-order valence-electron chi connectivity index (χ3n) is 5.70. The largest absolute Gasteiger partial charge is 1.00 e. The molecule has 1 unspecified atom stereocenters. The number of allylic oxidation sites excluding steroid dienone is 5. The van der Waals surface area contributed by atoms with E-state index < -0.39 is 17.4 Å². The Kier molecular flexibility index (Phi) is 8.33. The topological polar surface area (TPSA) is 0 Å². The van der Waals surface area contributed by atoms with Crippen LogP contribution in [-0.2, 0) is 17.4 Å². The van der Waals surface area contributed by atoms with Crippen molar-refractivity contribution in [1.29, 1.82) is 0 Å². The molecule has 0 bridgehead atoms. The van der Waals surface area contributed by atoms with E-state index in [4.69, 9.17) is 11.6 Å².